The fourth-order valence-electron chi connectivity index (χ4n) is 2.87. The minimum atomic E-state index is -2.72. The molecule has 1 unspecified atom stereocenters. The van der Waals surface area contributed by atoms with Gasteiger partial charge in [-0.15, -0.1) is 10.2 Å². The summed E-state index contributed by atoms with van der Waals surface area (Å²) in [5.74, 6) is -0.511. The molecule has 132 valence electrons. The van der Waals surface area contributed by atoms with Crippen molar-refractivity contribution < 1.29 is 17.9 Å². The number of halogens is 4. The maximum Gasteiger partial charge on any atom is 0.291 e. The number of alkyl halides is 2. The fourth-order valence-corrected chi connectivity index (χ4v) is 3.89. The second-order valence-corrected chi connectivity index (χ2v) is 7.48. The second kappa shape index (κ2) is 6.65. The van der Waals surface area contributed by atoms with Gasteiger partial charge in [0.1, 0.15) is 11.5 Å². The minimum absolute atomic E-state index is 0.159. The highest BCUT2D eigenvalue weighted by molar-refractivity contribution is 9.10. The first-order valence-corrected chi connectivity index (χ1v) is 9.27. The molecule has 0 radical (unpaired) electrons. The van der Waals surface area contributed by atoms with E-state index in [1.807, 2.05) is 0 Å². The normalized spacial score (nSPS) is 18.4. The van der Waals surface area contributed by atoms with E-state index in [0.29, 0.717) is 23.5 Å². The smallest absolute Gasteiger partial charge is 0.291 e. The standard InChI is InChI=1S/C15H12BrF3N4OS/c16-7-4-5-8-10(11(7)17)12(14-20-21-15(25-14)13(18)19)22-23(8)9-3-1-2-6-24-9/h4-5,9,13H,1-3,6H2. The van der Waals surface area contributed by atoms with Gasteiger partial charge in [-0.1, -0.05) is 11.3 Å². The fraction of sp³-hybridized carbons (Fsp3) is 0.400. The van der Waals surface area contributed by atoms with Crippen LogP contribution in [0.5, 0.6) is 0 Å². The lowest BCUT2D eigenvalue weighted by atomic mass is 10.1. The Bertz CT molecular complexity index is 923. The number of ether oxygens (including phenoxy) is 1. The van der Waals surface area contributed by atoms with Crippen LogP contribution in [0.1, 0.15) is 36.9 Å². The van der Waals surface area contributed by atoms with E-state index in [-0.39, 0.29) is 26.8 Å². The van der Waals surface area contributed by atoms with Gasteiger partial charge in [0.25, 0.3) is 6.43 Å². The Morgan fingerprint density at radius 3 is 2.80 bits per heavy atom. The molecule has 1 fully saturated rings. The molecule has 1 aromatic carbocycles. The van der Waals surface area contributed by atoms with Crippen molar-refractivity contribution in [3.05, 3.63) is 27.4 Å². The predicted octanol–water partition coefficient (Wildman–Crippen LogP) is 5.09. The summed E-state index contributed by atoms with van der Waals surface area (Å²) >= 11 is 3.87. The lowest BCUT2D eigenvalue weighted by Crippen LogP contribution is -2.19. The van der Waals surface area contributed by atoms with E-state index in [4.69, 9.17) is 4.74 Å². The van der Waals surface area contributed by atoms with Crippen LogP contribution in [-0.2, 0) is 4.74 Å². The first kappa shape index (κ1) is 16.9. The number of fused-ring (bicyclic) bond motifs is 1. The third-order valence-electron chi connectivity index (χ3n) is 4.02. The van der Waals surface area contributed by atoms with E-state index in [0.717, 1.165) is 19.3 Å². The summed E-state index contributed by atoms with van der Waals surface area (Å²) in [6.45, 7) is 0.606. The average molecular weight is 433 g/mol. The van der Waals surface area contributed by atoms with Gasteiger partial charge in [-0.25, -0.2) is 17.9 Å². The van der Waals surface area contributed by atoms with Crippen molar-refractivity contribution in [3.63, 3.8) is 0 Å². The number of nitrogens with zero attached hydrogens (tertiary/aromatic N) is 4. The minimum Gasteiger partial charge on any atom is -0.356 e. The Kier molecular flexibility index (Phi) is 4.50. The maximum absolute atomic E-state index is 14.8. The molecular weight excluding hydrogens is 421 g/mol. The van der Waals surface area contributed by atoms with Crippen molar-refractivity contribution >= 4 is 38.2 Å². The molecule has 0 bridgehead atoms. The highest BCUT2D eigenvalue weighted by Gasteiger charge is 2.26. The van der Waals surface area contributed by atoms with Gasteiger partial charge in [0.05, 0.1) is 15.4 Å². The first-order chi connectivity index (χ1) is 12.1. The molecule has 0 amide bonds. The SMILES string of the molecule is Fc1c(Br)ccc2c1c(-c1nnc(C(F)F)s1)nn2C1CCCCO1. The zero-order valence-corrected chi connectivity index (χ0v) is 15.2. The molecule has 1 atom stereocenters. The van der Waals surface area contributed by atoms with Crippen LogP contribution in [0.15, 0.2) is 16.6 Å². The van der Waals surface area contributed by atoms with Crippen LogP contribution in [0.2, 0.25) is 0 Å². The highest BCUT2D eigenvalue weighted by Crippen LogP contribution is 2.38. The quantitative estimate of drug-likeness (QED) is 0.577. The molecule has 0 N–H and O–H groups in total. The van der Waals surface area contributed by atoms with Crippen LogP contribution in [0.25, 0.3) is 21.6 Å². The molecule has 3 heterocycles. The Labute approximate surface area is 152 Å². The van der Waals surface area contributed by atoms with Crippen LogP contribution in [0.4, 0.5) is 13.2 Å². The lowest BCUT2D eigenvalue weighted by Gasteiger charge is -2.23. The van der Waals surface area contributed by atoms with Gasteiger partial charge < -0.3 is 4.74 Å². The molecule has 2 aromatic heterocycles. The number of benzene rings is 1. The van der Waals surface area contributed by atoms with E-state index in [1.54, 1.807) is 16.8 Å². The number of hydrogen-bond donors (Lipinski definition) is 0. The number of hydrogen-bond acceptors (Lipinski definition) is 5. The van der Waals surface area contributed by atoms with Crippen molar-refractivity contribution in [3.8, 4) is 10.7 Å². The summed E-state index contributed by atoms with van der Waals surface area (Å²) in [4.78, 5) is 0. The van der Waals surface area contributed by atoms with Gasteiger partial charge in [-0.05, 0) is 47.3 Å². The molecule has 0 aliphatic carbocycles. The van der Waals surface area contributed by atoms with Gasteiger partial charge >= 0.3 is 0 Å². The molecule has 1 saturated heterocycles. The van der Waals surface area contributed by atoms with Crippen molar-refractivity contribution in [2.75, 3.05) is 6.61 Å². The molecule has 0 spiro atoms. The van der Waals surface area contributed by atoms with Crippen LogP contribution in [0.3, 0.4) is 0 Å². The zero-order chi connectivity index (χ0) is 17.6. The molecule has 4 rings (SSSR count). The molecule has 1 aliphatic heterocycles. The predicted molar refractivity (Wildman–Crippen MR) is 90.1 cm³/mol. The third kappa shape index (κ3) is 2.96. The number of aromatic nitrogens is 4. The summed E-state index contributed by atoms with van der Waals surface area (Å²) < 4.78 is 48.0. The summed E-state index contributed by atoms with van der Waals surface area (Å²) in [5.41, 5.74) is 0.740. The average Bonchev–Trinajstić information content (AvgIpc) is 3.24. The molecule has 5 nitrogen and oxygen atoms in total. The summed E-state index contributed by atoms with van der Waals surface area (Å²) in [6.07, 6.45) is -0.330. The monoisotopic (exact) mass is 432 g/mol. The van der Waals surface area contributed by atoms with Crippen LogP contribution < -0.4 is 0 Å². The number of rotatable bonds is 3. The van der Waals surface area contributed by atoms with Crippen molar-refractivity contribution in [2.24, 2.45) is 0 Å². The summed E-state index contributed by atoms with van der Waals surface area (Å²) in [6, 6.07) is 3.32. The van der Waals surface area contributed by atoms with Crippen molar-refractivity contribution in [2.45, 2.75) is 31.9 Å². The Hall–Kier alpha value is -1.52. The van der Waals surface area contributed by atoms with Gasteiger partial charge in [0.2, 0.25) is 0 Å². The molecule has 1 aliphatic rings. The van der Waals surface area contributed by atoms with Crippen LogP contribution in [-0.4, -0.2) is 26.6 Å². The second-order valence-electron chi connectivity index (χ2n) is 5.62. The van der Waals surface area contributed by atoms with Gasteiger partial charge in [-0.3, -0.25) is 0 Å². The van der Waals surface area contributed by atoms with E-state index >= 15 is 0 Å². The highest BCUT2D eigenvalue weighted by atomic mass is 79.9. The maximum atomic E-state index is 14.8. The van der Waals surface area contributed by atoms with Crippen LogP contribution >= 0.6 is 27.3 Å². The lowest BCUT2D eigenvalue weighted by molar-refractivity contribution is -0.0365. The molecule has 25 heavy (non-hydrogen) atoms. The zero-order valence-electron chi connectivity index (χ0n) is 12.8. The van der Waals surface area contributed by atoms with Crippen molar-refractivity contribution in [1.82, 2.24) is 20.0 Å². The topological polar surface area (TPSA) is 52.8 Å². The Morgan fingerprint density at radius 2 is 2.12 bits per heavy atom. The van der Waals surface area contributed by atoms with Gasteiger partial charge in [-0.2, -0.15) is 5.10 Å². The van der Waals surface area contributed by atoms with Gasteiger partial charge in [0, 0.05) is 6.61 Å². The Morgan fingerprint density at radius 1 is 1.28 bits per heavy atom. The van der Waals surface area contributed by atoms with Crippen LogP contribution in [0, 0.1) is 5.82 Å². The molecular formula is C15H12BrF3N4OS. The van der Waals surface area contributed by atoms with E-state index in [9.17, 15) is 13.2 Å². The van der Waals surface area contributed by atoms with E-state index in [1.165, 1.54) is 0 Å². The molecule has 3 aromatic rings. The third-order valence-corrected chi connectivity index (χ3v) is 5.57. The van der Waals surface area contributed by atoms with Gasteiger partial charge in [0.15, 0.2) is 16.2 Å². The molecule has 10 heteroatoms. The molecule has 0 saturated carbocycles. The van der Waals surface area contributed by atoms with E-state index < -0.39 is 17.3 Å². The van der Waals surface area contributed by atoms with Crippen molar-refractivity contribution in [1.29, 1.82) is 0 Å². The summed E-state index contributed by atoms with van der Waals surface area (Å²) in [7, 11) is 0. The first-order valence-electron chi connectivity index (χ1n) is 7.66. The Balaban J connectivity index is 1.91. The largest absolute Gasteiger partial charge is 0.356 e. The van der Waals surface area contributed by atoms with E-state index in [2.05, 4.69) is 31.2 Å². The summed E-state index contributed by atoms with van der Waals surface area (Å²) in [5, 5.41) is 11.7.